The third-order valence-corrected chi connectivity index (χ3v) is 9.54. The Morgan fingerprint density at radius 3 is 2.56 bits per heavy atom. The second kappa shape index (κ2) is 14.3. The van der Waals surface area contributed by atoms with E-state index in [0.29, 0.717) is 56.5 Å². The van der Waals surface area contributed by atoms with Crippen LogP contribution in [0.2, 0.25) is 0 Å². The largest absolute Gasteiger partial charge is 0.445 e. The van der Waals surface area contributed by atoms with Crippen LogP contribution in [-0.4, -0.2) is 72.0 Å². The van der Waals surface area contributed by atoms with E-state index in [9.17, 15) is 14.4 Å². The molecule has 2 saturated heterocycles. The predicted molar refractivity (Wildman–Crippen MR) is 161 cm³/mol. The standard InChI is InChI=1S/C33H50N4O4/c1-5-17-37-30(38)29(13-9-10-16-34-32(40)41-23-27-11-7-6-8-12-27)35-31(39)33(37)14-18-36(19-15-33)22-28-21-24(2)20-25(3)26(28)4/h6-8,11-12,20,25-26,28-29H,5,9-10,13-19,21-23H2,1-4H3,(H,34,40)(H,35,39)/t25?,26?,28?,29-/m0/s1. The number of rotatable bonds is 11. The van der Waals surface area contributed by atoms with Crippen LogP contribution in [0.1, 0.15) is 78.2 Å². The van der Waals surface area contributed by atoms with E-state index < -0.39 is 17.7 Å². The van der Waals surface area contributed by atoms with Gasteiger partial charge < -0.3 is 25.2 Å². The van der Waals surface area contributed by atoms with Gasteiger partial charge in [0.15, 0.2) is 0 Å². The highest BCUT2D eigenvalue weighted by Gasteiger charge is 2.53. The number of nitrogens with zero attached hydrogens (tertiary/aromatic N) is 2. The highest BCUT2D eigenvalue weighted by molar-refractivity contribution is 6.00. The number of alkyl carbamates (subject to hydrolysis) is 1. The van der Waals surface area contributed by atoms with Gasteiger partial charge in [-0.25, -0.2) is 4.79 Å². The molecule has 3 aliphatic rings. The van der Waals surface area contributed by atoms with Crippen LogP contribution in [0.4, 0.5) is 4.79 Å². The van der Waals surface area contributed by atoms with Gasteiger partial charge in [-0.05, 0) is 75.2 Å². The first-order valence-corrected chi connectivity index (χ1v) is 15.7. The molecule has 0 bridgehead atoms. The number of unbranched alkanes of at least 4 members (excludes halogenated alkanes) is 1. The Morgan fingerprint density at radius 1 is 1.12 bits per heavy atom. The third-order valence-electron chi connectivity index (χ3n) is 9.54. The Bertz CT molecular complexity index is 1070. The fourth-order valence-electron chi connectivity index (χ4n) is 6.92. The molecule has 226 valence electrons. The van der Waals surface area contributed by atoms with E-state index in [2.05, 4.69) is 49.3 Å². The Morgan fingerprint density at radius 2 is 1.85 bits per heavy atom. The van der Waals surface area contributed by atoms with E-state index >= 15 is 0 Å². The van der Waals surface area contributed by atoms with Crippen molar-refractivity contribution in [2.75, 3.05) is 32.7 Å². The normalized spacial score (nSPS) is 26.4. The second-order valence-corrected chi connectivity index (χ2v) is 12.5. The summed E-state index contributed by atoms with van der Waals surface area (Å²) in [5.41, 5.74) is 1.70. The lowest BCUT2D eigenvalue weighted by molar-refractivity contribution is -0.161. The van der Waals surface area contributed by atoms with E-state index in [0.717, 1.165) is 44.5 Å². The minimum atomic E-state index is -0.731. The fraction of sp³-hybridized carbons (Fsp3) is 0.667. The molecule has 4 rings (SSSR count). The maximum atomic E-state index is 13.6. The lowest BCUT2D eigenvalue weighted by atomic mass is 9.74. The van der Waals surface area contributed by atoms with Crippen LogP contribution in [0.15, 0.2) is 42.0 Å². The molecule has 0 radical (unpaired) electrons. The van der Waals surface area contributed by atoms with Crippen LogP contribution in [0.25, 0.3) is 0 Å². The monoisotopic (exact) mass is 566 g/mol. The van der Waals surface area contributed by atoms with Gasteiger partial charge >= 0.3 is 6.09 Å². The molecule has 3 amide bonds. The minimum absolute atomic E-state index is 0.0104. The number of carbonyl (C=O) groups is 3. The van der Waals surface area contributed by atoms with Crippen LogP contribution in [0.5, 0.6) is 0 Å². The van der Waals surface area contributed by atoms with Crippen LogP contribution in [0.3, 0.4) is 0 Å². The zero-order valence-electron chi connectivity index (χ0n) is 25.5. The Labute approximate surface area is 246 Å². The average molecular weight is 567 g/mol. The van der Waals surface area contributed by atoms with E-state index in [1.54, 1.807) is 0 Å². The molecule has 1 aliphatic carbocycles. The molecule has 1 aromatic carbocycles. The summed E-state index contributed by atoms with van der Waals surface area (Å²) in [6.45, 7) is 13.1. The maximum Gasteiger partial charge on any atom is 0.407 e. The van der Waals surface area contributed by atoms with Gasteiger partial charge in [-0.2, -0.15) is 0 Å². The molecule has 8 nitrogen and oxygen atoms in total. The van der Waals surface area contributed by atoms with Crippen molar-refractivity contribution in [2.45, 2.75) is 90.8 Å². The molecule has 2 N–H and O–H groups in total. The van der Waals surface area contributed by atoms with E-state index in [1.165, 1.54) is 5.57 Å². The summed E-state index contributed by atoms with van der Waals surface area (Å²) >= 11 is 0. The topological polar surface area (TPSA) is 91.0 Å². The molecule has 2 heterocycles. The van der Waals surface area contributed by atoms with Gasteiger partial charge in [0.1, 0.15) is 18.2 Å². The molecule has 0 saturated carbocycles. The molecule has 8 heteroatoms. The van der Waals surface area contributed by atoms with E-state index in [1.807, 2.05) is 35.2 Å². The Hall–Kier alpha value is -2.87. The number of piperidine rings is 1. The lowest BCUT2D eigenvalue weighted by Gasteiger charge is -2.52. The fourth-order valence-corrected chi connectivity index (χ4v) is 6.92. The molecular formula is C33H50N4O4. The number of piperazine rings is 1. The van der Waals surface area contributed by atoms with Crippen LogP contribution < -0.4 is 10.6 Å². The summed E-state index contributed by atoms with van der Waals surface area (Å²) < 4.78 is 5.25. The third kappa shape index (κ3) is 7.70. The number of amides is 3. The first-order valence-electron chi connectivity index (χ1n) is 15.7. The first kappa shape index (κ1) is 31.1. The number of hydrogen-bond donors (Lipinski definition) is 2. The zero-order chi connectivity index (χ0) is 29.4. The predicted octanol–water partition coefficient (Wildman–Crippen LogP) is 4.89. The molecule has 1 spiro atoms. The molecule has 2 fully saturated rings. The van der Waals surface area contributed by atoms with Crippen molar-refractivity contribution in [1.82, 2.24) is 20.4 Å². The van der Waals surface area contributed by atoms with Gasteiger partial charge in [0.25, 0.3) is 0 Å². The van der Waals surface area contributed by atoms with Crippen molar-refractivity contribution in [1.29, 1.82) is 0 Å². The van der Waals surface area contributed by atoms with Crippen LogP contribution >= 0.6 is 0 Å². The number of ether oxygens (including phenoxy) is 1. The molecule has 2 aliphatic heterocycles. The minimum Gasteiger partial charge on any atom is -0.445 e. The van der Waals surface area contributed by atoms with Gasteiger partial charge in [-0.1, -0.05) is 62.8 Å². The number of likely N-dealkylation sites (tertiary alicyclic amines) is 1. The van der Waals surface area contributed by atoms with E-state index in [4.69, 9.17) is 4.74 Å². The SMILES string of the molecule is CCCN1C(=O)[C@H](CCCCNC(=O)OCc2ccccc2)NC(=O)C12CCN(CC1CC(C)=CC(C)C1C)CC2. The Kier molecular flexibility index (Phi) is 10.9. The number of benzene rings is 1. The number of hydrogen-bond acceptors (Lipinski definition) is 5. The first-order chi connectivity index (χ1) is 19.7. The lowest BCUT2D eigenvalue weighted by Crippen LogP contribution is -2.73. The molecular weight excluding hydrogens is 516 g/mol. The van der Waals surface area contributed by atoms with Crippen LogP contribution in [-0.2, 0) is 20.9 Å². The van der Waals surface area contributed by atoms with Crippen LogP contribution in [0, 0.1) is 17.8 Å². The summed E-state index contributed by atoms with van der Waals surface area (Å²) in [5.74, 6) is 1.96. The van der Waals surface area contributed by atoms with Gasteiger partial charge in [0.2, 0.25) is 11.8 Å². The number of nitrogens with one attached hydrogen (secondary N) is 2. The van der Waals surface area contributed by atoms with Gasteiger partial charge in [0.05, 0.1) is 0 Å². The smallest absolute Gasteiger partial charge is 0.407 e. The molecule has 4 atom stereocenters. The van der Waals surface area contributed by atoms with Gasteiger partial charge in [-0.3, -0.25) is 9.59 Å². The molecule has 0 aromatic heterocycles. The van der Waals surface area contributed by atoms with Crippen molar-refractivity contribution in [3.8, 4) is 0 Å². The zero-order valence-corrected chi connectivity index (χ0v) is 25.5. The Balaban J connectivity index is 1.23. The molecule has 1 aromatic rings. The van der Waals surface area contributed by atoms with Crippen molar-refractivity contribution in [3.05, 3.63) is 47.5 Å². The maximum absolute atomic E-state index is 13.6. The van der Waals surface area contributed by atoms with E-state index in [-0.39, 0.29) is 18.4 Å². The summed E-state index contributed by atoms with van der Waals surface area (Å²) in [5, 5.41) is 5.88. The van der Waals surface area contributed by atoms with Crippen molar-refractivity contribution in [2.24, 2.45) is 17.8 Å². The van der Waals surface area contributed by atoms with Crippen molar-refractivity contribution < 1.29 is 19.1 Å². The van der Waals surface area contributed by atoms with Crippen molar-refractivity contribution in [3.63, 3.8) is 0 Å². The van der Waals surface area contributed by atoms with Gasteiger partial charge in [0, 0.05) is 32.7 Å². The number of carbonyl (C=O) groups excluding carboxylic acids is 3. The molecule has 41 heavy (non-hydrogen) atoms. The highest BCUT2D eigenvalue weighted by Crippen LogP contribution is 2.37. The average Bonchev–Trinajstić information content (AvgIpc) is 2.96. The highest BCUT2D eigenvalue weighted by atomic mass is 16.5. The number of allylic oxidation sites excluding steroid dienone is 2. The van der Waals surface area contributed by atoms with Gasteiger partial charge in [-0.15, -0.1) is 0 Å². The summed E-state index contributed by atoms with van der Waals surface area (Å²) in [6.07, 6.45) is 7.34. The summed E-state index contributed by atoms with van der Waals surface area (Å²) in [6, 6.07) is 9.06. The second-order valence-electron chi connectivity index (χ2n) is 12.5. The summed E-state index contributed by atoms with van der Waals surface area (Å²) in [7, 11) is 0. The molecule has 3 unspecified atom stereocenters. The van der Waals surface area contributed by atoms with Crippen molar-refractivity contribution >= 4 is 17.9 Å². The summed E-state index contributed by atoms with van der Waals surface area (Å²) in [4.78, 5) is 43.7. The quantitative estimate of drug-likeness (QED) is 0.294.